The highest BCUT2D eigenvalue weighted by molar-refractivity contribution is 5.73. The molecule has 1 aromatic heterocycles. The molecule has 1 atom stereocenters. The zero-order valence-corrected chi connectivity index (χ0v) is 10.2. The maximum absolute atomic E-state index is 12.4. The van der Waals surface area contributed by atoms with E-state index in [-0.39, 0.29) is 0 Å². The van der Waals surface area contributed by atoms with Crippen molar-refractivity contribution in [3.8, 4) is 0 Å². The Morgan fingerprint density at radius 1 is 1.56 bits per heavy atom. The average Bonchev–Trinajstić information content (AvgIpc) is 2.78. The molecule has 1 heterocycles. The highest BCUT2D eigenvalue weighted by atomic mass is 19.4. The Hall–Kier alpha value is -1.53. The SMILES string of the molecule is CCCCC(C(=O)OC)n1cc(C(F)(F)F)cn1. The highest BCUT2D eigenvalue weighted by Crippen LogP contribution is 2.29. The Bertz CT molecular complexity index is 401. The third-order valence-corrected chi connectivity index (χ3v) is 2.55. The second kappa shape index (κ2) is 5.88. The van der Waals surface area contributed by atoms with Crippen molar-refractivity contribution in [3.63, 3.8) is 0 Å². The zero-order chi connectivity index (χ0) is 13.8. The molecule has 1 unspecified atom stereocenters. The Labute approximate surface area is 103 Å². The lowest BCUT2D eigenvalue weighted by Gasteiger charge is -2.14. The predicted octanol–water partition coefficient (Wildman–Crippen LogP) is 2.81. The van der Waals surface area contributed by atoms with Gasteiger partial charge in [-0.2, -0.15) is 18.3 Å². The number of unbranched alkanes of at least 4 members (excludes halogenated alkanes) is 1. The number of carbonyl (C=O) groups excluding carboxylic acids is 1. The topological polar surface area (TPSA) is 44.1 Å². The molecule has 0 radical (unpaired) electrons. The van der Waals surface area contributed by atoms with Crippen molar-refractivity contribution in [2.24, 2.45) is 0 Å². The molecule has 1 rings (SSSR count). The molecule has 0 spiro atoms. The van der Waals surface area contributed by atoms with Gasteiger partial charge in [-0.25, -0.2) is 4.79 Å². The summed E-state index contributed by atoms with van der Waals surface area (Å²) < 4.78 is 42.9. The van der Waals surface area contributed by atoms with Gasteiger partial charge in [-0.3, -0.25) is 4.68 Å². The van der Waals surface area contributed by atoms with Gasteiger partial charge in [0.05, 0.1) is 18.9 Å². The Morgan fingerprint density at radius 3 is 2.67 bits per heavy atom. The summed E-state index contributed by atoms with van der Waals surface area (Å²) in [5.41, 5.74) is -0.868. The van der Waals surface area contributed by atoms with Gasteiger partial charge in [0.15, 0.2) is 0 Å². The maximum atomic E-state index is 12.4. The normalized spacial score (nSPS) is 13.4. The molecule has 0 bridgehead atoms. The molecule has 0 aliphatic carbocycles. The van der Waals surface area contributed by atoms with Gasteiger partial charge in [-0.05, 0) is 6.42 Å². The number of esters is 1. The van der Waals surface area contributed by atoms with E-state index in [0.29, 0.717) is 19.0 Å². The van der Waals surface area contributed by atoms with Crippen LogP contribution >= 0.6 is 0 Å². The number of methoxy groups -OCH3 is 1. The van der Waals surface area contributed by atoms with Crippen molar-refractivity contribution in [3.05, 3.63) is 18.0 Å². The fourth-order valence-corrected chi connectivity index (χ4v) is 1.55. The van der Waals surface area contributed by atoms with Gasteiger partial charge in [-0.15, -0.1) is 0 Å². The van der Waals surface area contributed by atoms with E-state index in [1.54, 1.807) is 0 Å². The van der Waals surface area contributed by atoms with Gasteiger partial charge in [-0.1, -0.05) is 19.8 Å². The van der Waals surface area contributed by atoms with E-state index in [9.17, 15) is 18.0 Å². The lowest BCUT2D eigenvalue weighted by Crippen LogP contribution is -2.21. The maximum Gasteiger partial charge on any atom is 0.419 e. The van der Waals surface area contributed by atoms with E-state index >= 15 is 0 Å². The molecule has 0 aliphatic rings. The van der Waals surface area contributed by atoms with Crippen LogP contribution in [0.3, 0.4) is 0 Å². The molecule has 0 saturated heterocycles. The van der Waals surface area contributed by atoms with Gasteiger partial charge in [0.1, 0.15) is 6.04 Å². The van der Waals surface area contributed by atoms with E-state index in [0.717, 1.165) is 17.3 Å². The molecule has 0 fully saturated rings. The van der Waals surface area contributed by atoms with Crippen molar-refractivity contribution in [2.45, 2.75) is 38.4 Å². The minimum Gasteiger partial charge on any atom is -0.467 e. The minimum atomic E-state index is -4.45. The Balaban J connectivity index is 2.91. The van der Waals surface area contributed by atoms with Gasteiger partial charge in [0.2, 0.25) is 0 Å². The van der Waals surface area contributed by atoms with Crippen LogP contribution in [0.25, 0.3) is 0 Å². The summed E-state index contributed by atoms with van der Waals surface area (Å²) in [4.78, 5) is 11.5. The van der Waals surface area contributed by atoms with Crippen LogP contribution in [0.2, 0.25) is 0 Å². The Kier molecular flexibility index (Phi) is 4.75. The summed E-state index contributed by atoms with van der Waals surface area (Å²) in [5, 5.41) is 3.60. The van der Waals surface area contributed by atoms with Crippen LogP contribution in [0.15, 0.2) is 12.4 Å². The third-order valence-electron chi connectivity index (χ3n) is 2.55. The van der Waals surface area contributed by atoms with Crippen LogP contribution in [0.5, 0.6) is 0 Å². The van der Waals surface area contributed by atoms with E-state index in [1.165, 1.54) is 7.11 Å². The molecule has 4 nitrogen and oxygen atoms in total. The first-order valence-electron chi connectivity index (χ1n) is 5.59. The highest BCUT2D eigenvalue weighted by Gasteiger charge is 2.33. The third kappa shape index (κ3) is 3.48. The summed E-state index contributed by atoms with van der Waals surface area (Å²) in [7, 11) is 1.20. The number of alkyl halides is 3. The number of rotatable bonds is 5. The molecular weight excluding hydrogens is 249 g/mol. The van der Waals surface area contributed by atoms with Crippen LogP contribution in [-0.2, 0) is 15.7 Å². The van der Waals surface area contributed by atoms with E-state index in [2.05, 4.69) is 9.84 Å². The molecule has 7 heteroatoms. The number of ether oxygens (including phenoxy) is 1. The number of hydrogen-bond donors (Lipinski definition) is 0. The van der Waals surface area contributed by atoms with Gasteiger partial charge < -0.3 is 4.74 Å². The second-order valence-electron chi connectivity index (χ2n) is 3.89. The van der Waals surface area contributed by atoms with Crippen LogP contribution in [0.4, 0.5) is 13.2 Å². The van der Waals surface area contributed by atoms with Crippen LogP contribution in [-0.4, -0.2) is 22.9 Å². The van der Waals surface area contributed by atoms with E-state index < -0.39 is 23.8 Å². The van der Waals surface area contributed by atoms with Gasteiger partial charge in [0, 0.05) is 6.20 Å². The summed E-state index contributed by atoms with van der Waals surface area (Å²) in [6.07, 6.45) is -0.965. The minimum absolute atomic E-state index is 0.405. The summed E-state index contributed by atoms with van der Waals surface area (Å²) in [5.74, 6) is -0.583. The van der Waals surface area contributed by atoms with Crippen molar-refractivity contribution in [1.82, 2.24) is 9.78 Å². The predicted molar refractivity (Wildman–Crippen MR) is 57.8 cm³/mol. The first kappa shape index (κ1) is 14.5. The van der Waals surface area contributed by atoms with Crippen molar-refractivity contribution in [2.75, 3.05) is 7.11 Å². The number of nitrogens with zero attached hydrogens (tertiary/aromatic N) is 2. The summed E-state index contributed by atoms with van der Waals surface area (Å²) in [6.45, 7) is 1.93. The monoisotopic (exact) mass is 264 g/mol. The number of aromatic nitrogens is 2. The molecular formula is C11H15F3N2O2. The molecule has 0 saturated carbocycles. The largest absolute Gasteiger partial charge is 0.467 e. The van der Waals surface area contributed by atoms with Crippen molar-refractivity contribution >= 4 is 5.97 Å². The fourth-order valence-electron chi connectivity index (χ4n) is 1.55. The van der Waals surface area contributed by atoms with Crippen LogP contribution in [0, 0.1) is 0 Å². The van der Waals surface area contributed by atoms with Crippen molar-refractivity contribution in [1.29, 1.82) is 0 Å². The number of halogens is 3. The van der Waals surface area contributed by atoms with Gasteiger partial charge >= 0.3 is 12.1 Å². The first-order valence-corrected chi connectivity index (χ1v) is 5.59. The summed E-state index contributed by atoms with van der Waals surface area (Å²) >= 11 is 0. The summed E-state index contributed by atoms with van der Waals surface area (Å²) in [6, 6.07) is -0.800. The average molecular weight is 264 g/mol. The molecule has 0 amide bonds. The standard InChI is InChI=1S/C11H15F3N2O2/c1-3-4-5-9(10(17)18-2)16-7-8(6-15-16)11(12,13)14/h6-7,9H,3-5H2,1-2H3. The molecule has 18 heavy (non-hydrogen) atoms. The molecule has 1 aromatic rings. The number of carbonyl (C=O) groups is 1. The quantitative estimate of drug-likeness (QED) is 0.768. The van der Waals surface area contributed by atoms with Crippen molar-refractivity contribution < 1.29 is 22.7 Å². The lowest BCUT2D eigenvalue weighted by molar-refractivity contribution is -0.145. The first-order chi connectivity index (χ1) is 8.40. The number of hydrogen-bond acceptors (Lipinski definition) is 3. The molecule has 0 aliphatic heterocycles. The van der Waals surface area contributed by atoms with Gasteiger partial charge in [0.25, 0.3) is 0 Å². The lowest BCUT2D eigenvalue weighted by atomic mass is 10.1. The van der Waals surface area contributed by atoms with Crippen LogP contribution < -0.4 is 0 Å². The molecule has 0 aromatic carbocycles. The molecule has 0 N–H and O–H groups in total. The smallest absolute Gasteiger partial charge is 0.419 e. The van der Waals surface area contributed by atoms with E-state index in [4.69, 9.17) is 0 Å². The zero-order valence-electron chi connectivity index (χ0n) is 10.2. The molecule has 102 valence electrons. The Morgan fingerprint density at radius 2 is 2.22 bits per heavy atom. The van der Waals surface area contributed by atoms with Crippen LogP contribution in [0.1, 0.15) is 37.8 Å². The fraction of sp³-hybridized carbons (Fsp3) is 0.636. The second-order valence-corrected chi connectivity index (χ2v) is 3.89. The van der Waals surface area contributed by atoms with E-state index in [1.807, 2.05) is 6.92 Å².